The first-order valence-electron chi connectivity index (χ1n) is 19.5. The van der Waals surface area contributed by atoms with Crippen LogP contribution in [0.5, 0.6) is 0 Å². The molecule has 0 saturated carbocycles. The molecule has 11 nitrogen and oxygen atoms in total. The van der Waals surface area contributed by atoms with E-state index < -0.39 is 6.04 Å². The largest absolute Gasteiger partial charge is 0.347 e. The molecule has 56 heavy (non-hydrogen) atoms. The van der Waals surface area contributed by atoms with Gasteiger partial charge in [-0.3, -0.25) is 24.4 Å². The molecule has 0 spiro atoms. The van der Waals surface area contributed by atoms with Crippen molar-refractivity contribution in [1.82, 2.24) is 44.5 Å². The highest BCUT2D eigenvalue weighted by molar-refractivity contribution is 5.84. The number of rotatable bonds is 11. The predicted molar refractivity (Wildman–Crippen MR) is 218 cm³/mol. The Labute approximate surface area is 328 Å². The highest BCUT2D eigenvalue weighted by Crippen LogP contribution is 2.39. The molecule has 8 rings (SSSR count). The summed E-state index contributed by atoms with van der Waals surface area (Å²) in [7, 11) is 7.53. The van der Waals surface area contributed by atoms with E-state index >= 15 is 0 Å². The SMILES string of the molecule is CN(C)C(=O)C(c1cccnc1)N1CCC[C@H]1c1ncc(-c2ccc(-c3ccc(-c4cnc([C@@H]5CCCN5C(=O)[C@@H](c5ccccc5)N(C)C)[nH]4)cc3)cc2)[nH]1. The van der Waals surface area contributed by atoms with Crippen molar-refractivity contribution in [2.75, 3.05) is 41.3 Å². The van der Waals surface area contributed by atoms with Crippen molar-refractivity contribution in [3.05, 3.63) is 139 Å². The highest BCUT2D eigenvalue weighted by Gasteiger charge is 2.39. The second-order valence-corrected chi connectivity index (χ2v) is 15.3. The second kappa shape index (κ2) is 16.1. The Balaban J connectivity index is 0.944. The van der Waals surface area contributed by atoms with Gasteiger partial charge in [0.25, 0.3) is 0 Å². The van der Waals surface area contributed by atoms with Gasteiger partial charge in [0.15, 0.2) is 0 Å². The number of carbonyl (C=O) groups is 2. The number of benzene rings is 3. The Morgan fingerprint density at radius 3 is 1.79 bits per heavy atom. The van der Waals surface area contributed by atoms with Crippen LogP contribution in [0.15, 0.2) is 116 Å². The maximum Gasteiger partial charge on any atom is 0.245 e. The van der Waals surface area contributed by atoms with E-state index in [-0.39, 0.29) is 29.9 Å². The van der Waals surface area contributed by atoms with E-state index in [1.807, 2.05) is 78.8 Å². The molecule has 6 aromatic rings. The van der Waals surface area contributed by atoms with Crippen molar-refractivity contribution in [2.45, 2.75) is 49.9 Å². The maximum atomic E-state index is 13.9. The van der Waals surface area contributed by atoms with Gasteiger partial charge >= 0.3 is 0 Å². The van der Waals surface area contributed by atoms with Crippen LogP contribution < -0.4 is 0 Å². The molecular weight excluding hydrogens is 699 g/mol. The molecule has 5 heterocycles. The summed E-state index contributed by atoms with van der Waals surface area (Å²) in [4.78, 5) is 56.3. The van der Waals surface area contributed by atoms with Gasteiger partial charge in [0.2, 0.25) is 11.8 Å². The van der Waals surface area contributed by atoms with E-state index in [9.17, 15) is 9.59 Å². The third-order valence-corrected chi connectivity index (χ3v) is 11.2. The minimum Gasteiger partial charge on any atom is -0.347 e. The summed E-state index contributed by atoms with van der Waals surface area (Å²) in [5, 5.41) is 0. The van der Waals surface area contributed by atoms with Gasteiger partial charge in [-0.25, -0.2) is 9.97 Å². The van der Waals surface area contributed by atoms with Gasteiger partial charge in [0.1, 0.15) is 23.7 Å². The monoisotopic (exact) mass is 747 g/mol. The molecule has 2 saturated heterocycles. The third-order valence-electron chi connectivity index (χ3n) is 11.2. The number of amides is 2. The van der Waals surface area contributed by atoms with Gasteiger partial charge in [-0.2, -0.15) is 0 Å². The number of likely N-dealkylation sites (N-methyl/N-ethyl adjacent to an activating group) is 2. The Kier molecular flexibility index (Phi) is 10.6. The van der Waals surface area contributed by atoms with E-state index in [0.29, 0.717) is 0 Å². The summed E-state index contributed by atoms with van der Waals surface area (Å²) < 4.78 is 0. The fourth-order valence-corrected chi connectivity index (χ4v) is 8.41. The number of likely N-dealkylation sites (tertiary alicyclic amines) is 2. The predicted octanol–water partition coefficient (Wildman–Crippen LogP) is 7.46. The molecule has 286 valence electrons. The minimum atomic E-state index is -0.421. The zero-order chi connectivity index (χ0) is 38.8. The smallest absolute Gasteiger partial charge is 0.245 e. The Hall–Kier alpha value is -5.91. The first-order chi connectivity index (χ1) is 27.3. The summed E-state index contributed by atoms with van der Waals surface area (Å²) in [6.07, 6.45) is 11.0. The van der Waals surface area contributed by atoms with Gasteiger partial charge in [0, 0.05) is 39.6 Å². The number of H-pyrrole nitrogens is 2. The summed E-state index contributed by atoms with van der Waals surface area (Å²) in [5.41, 5.74) is 8.08. The molecule has 11 heteroatoms. The van der Waals surface area contributed by atoms with Crippen LogP contribution in [0, 0.1) is 0 Å². The van der Waals surface area contributed by atoms with Crippen LogP contribution in [0.25, 0.3) is 33.6 Å². The molecule has 3 aromatic heterocycles. The summed E-state index contributed by atoms with van der Waals surface area (Å²) in [6.45, 7) is 1.53. The van der Waals surface area contributed by atoms with Crippen LogP contribution in [0.4, 0.5) is 0 Å². The van der Waals surface area contributed by atoms with Crippen LogP contribution in [0.1, 0.15) is 72.6 Å². The molecule has 2 fully saturated rings. The lowest BCUT2D eigenvalue weighted by molar-refractivity contribution is -0.137. The van der Waals surface area contributed by atoms with Crippen LogP contribution in [-0.4, -0.2) is 97.6 Å². The van der Waals surface area contributed by atoms with Gasteiger partial charge < -0.3 is 19.8 Å². The molecule has 0 bridgehead atoms. The number of nitrogens with one attached hydrogen (secondary N) is 2. The lowest BCUT2D eigenvalue weighted by atomic mass is 10.0. The number of pyridine rings is 1. The van der Waals surface area contributed by atoms with E-state index in [4.69, 9.17) is 9.97 Å². The fraction of sp³-hybridized carbons (Fsp3) is 0.311. The third kappa shape index (κ3) is 7.39. The fourth-order valence-electron chi connectivity index (χ4n) is 8.41. The second-order valence-electron chi connectivity index (χ2n) is 15.3. The lowest BCUT2D eigenvalue weighted by Gasteiger charge is -2.33. The molecular formula is C45H49N9O2. The summed E-state index contributed by atoms with van der Waals surface area (Å²) >= 11 is 0. The zero-order valence-electron chi connectivity index (χ0n) is 32.5. The molecule has 2 aliphatic rings. The zero-order valence-corrected chi connectivity index (χ0v) is 32.5. The molecule has 2 N–H and O–H groups in total. The van der Waals surface area contributed by atoms with Gasteiger partial charge in [-0.05, 0) is 79.2 Å². The Morgan fingerprint density at radius 1 is 0.661 bits per heavy atom. The molecule has 1 unspecified atom stereocenters. The van der Waals surface area contributed by atoms with E-state index in [1.54, 1.807) is 31.4 Å². The van der Waals surface area contributed by atoms with Crippen molar-refractivity contribution >= 4 is 11.8 Å². The molecule has 0 aliphatic carbocycles. The van der Waals surface area contributed by atoms with Gasteiger partial charge in [0.05, 0.1) is 35.9 Å². The number of nitrogens with zero attached hydrogens (tertiary/aromatic N) is 7. The first kappa shape index (κ1) is 37.0. The summed E-state index contributed by atoms with van der Waals surface area (Å²) in [5.74, 6) is 1.84. The van der Waals surface area contributed by atoms with E-state index in [1.165, 1.54) is 0 Å². The van der Waals surface area contributed by atoms with Gasteiger partial charge in [-0.1, -0.05) is 84.9 Å². The molecule has 2 aliphatic heterocycles. The molecule has 3 aromatic carbocycles. The quantitative estimate of drug-likeness (QED) is 0.141. The molecule has 4 atom stereocenters. The van der Waals surface area contributed by atoms with Crippen LogP contribution in [-0.2, 0) is 9.59 Å². The number of carbonyl (C=O) groups excluding carboxylic acids is 2. The molecule has 0 radical (unpaired) electrons. The lowest BCUT2D eigenvalue weighted by Crippen LogP contribution is -2.40. The number of hydrogen-bond acceptors (Lipinski definition) is 7. The Morgan fingerprint density at radius 2 is 1.21 bits per heavy atom. The van der Waals surface area contributed by atoms with Crippen LogP contribution in [0.3, 0.4) is 0 Å². The maximum absolute atomic E-state index is 13.9. The van der Waals surface area contributed by atoms with E-state index in [0.717, 1.165) is 95.2 Å². The van der Waals surface area contributed by atoms with Crippen LogP contribution in [0.2, 0.25) is 0 Å². The highest BCUT2D eigenvalue weighted by atomic mass is 16.2. The van der Waals surface area contributed by atoms with Crippen LogP contribution >= 0.6 is 0 Å². The minimum absolute atomic E-state index is 0.00346. The number of aromatic nitrogens is 5. The first-order valence-corrected chi connectivity index (χ1v) is 19.5. The number of hydrogen-bond donors (Lipinski definition) is 2. The van der Waals surface area contributed by atoms with Crippen molar-refractivity contribution < 1.29 is 9.59 Å². The number of aromatic amines is 2. The number of imidazole rings is 2. The summed E-state index contributed by atoms with van der Waals surface area (Å²) in [6, 6.07) is 30.0. The Bertz CT molecular complexity index is 2250. The van der Waals surface area contributed by atoms with Crippen molar-refractivity contribution in [3.63, 3.8) is 0 Å². The average Bonchev–Trinajstić information content (AvgIpc) is 4.06. The molecule has 2 amide bonds. The normalized spacial score (nSPS) is 18.3. The standard InChI is InChI=1S/C45H49N9O2/c1-51(2)40(34-11-6-5-7-12-34)45(56)54-26-10-15-39(54)43-48-29-37(50-43)33-22-18-31(19-23-33)30-16-20-32(21-17-30)36-28-47-42(49-36)38-14-9-25-53(38)41(44(55)52(3)4)35-13-8-24-46-27-35/h5-8,11-13,16-24,27-29,38-41H,9-10,14-15,25-26H2,1-4H3,(H,47,49)(H,48,50)/t38-,39-,40+,41?/m0/s1. The topological polar surface area (TPSA) is 117 Å². The van der Waals surface area contributed by atoms with Crippen molar-refractivity contribution in [3.8, 4) is 33.6 Å². The van der Waals surface area contributed by atoms with Crippen molar-refractivity contribution in [2.24, 2.45) is 0 Å². The van der Waals surface area contributed by atoms with Crippen molar-refractivity contribution in [1.29, 1.82) is 0 Å². The average molecular weight is 748 g/mol. The van der Waals surface area contributed by atoms with E-state index in [2.05, 4.69) is 68.4 Å². The van der Waals surface area contributed by atoms with Gasteiger partial charge in [-0.15, -0.1) is 0 Å².